The average Bonchev–Trinajstić information content (AvgIpc) is 2.49. The van der Waals surface area contributed by atoms with Crippen LogP contribution in [-0.4, -0.2) is 22.5 Å². The molecule has 0 spiro atoms. The molecular weight excluding hydrogens is 316 g/mol. The van der Waals surface area contributed by atoms with Gasteiger partial charge in [0.1, 0.15) is 5.60 Å². The molecule has 0 atom stereocenters. The summed E-state index contributed by atoms with van der Waals surface area (Å²) >= 11 is 0. The number of pyridine rings is 1. The van der Waals surface area contributed by atoms with Crippen molar-refractivity contribution in [2.24, 2.45) is 11.8 Å². The van der Waals surface area contributed by atoms with Gasteiger partial charge in [0.2, 0.25) is 5.91 Å². The Bertz CT molecular complexity index is 784. The topological polar surface area (TPSA) is 68.3 Å². The molecule has 1 N–H and O–H groups in total. The van der Waals surface area contributed by atoms with E-state index in [1.54, 1.807) is 12.4 Å². The molecule has 1 fully saturated rings. The lowest BCUT2D eigenvalue weighted by Crippen LogP contribution is -2.36. The minimum absolute atomic E-state index is 0.0109. The van der Waals surface area contributed by atoms with Gasteiger partial charge < -0.3 is 10.1 Å². The van der Waals surface area contributed by atoms with Gasteiger partial charge in [-0.25, -0.2) is 0 Å². The number of nitrogens with zero attached hydrogens (tertiary/aromatic N) is 1. The van der Waals surface area contributed by atoms with E-state index in [4.69, 9.17) is 4.74 Å². The highest BCUT2D eigenvalue weighted by molar-refractivity contribution is 6.02. The largest absolute Gasteiger partial charge is 0.460 e. The summed E-state index contributed by atoms with van der Waals surface area (Å²) in [7, 11) is 0. The number of hydrogen-bond acceptors (Lipinski definition) is 4. The van der Waals surface area contributed by atoms with Gasteiger partial charge in [-0.1, -0.05) is 12.1 Å². The number of nitrogens with one attached hydrogen (secondary N) is 1. The van der Waals surface area contributed by atoms with Gasteiger partial charge in [0.25, 0.3) is 0 Å². The van der Waals surface area contributed by atoms with Crippen LogP contribution in [0.1, 0.15) is 40.0 Å². The van der Waals surface area contributed by atoms with Gasteiger partial charge in [-0.3, -0.25) is 14.6 Å². The predicted molar refractivity (Wildman–Crippen MR) is 97.0 cm³/mol. The lowest BCUT2D eigenvalue weighted by Gasteiger charge is -2.34. The summed E-state index contributed by atoms with van der Waals surface area (Å²) in [6.07, 6.45) is 5.35. The fourth-order valence-electron chi connectivity index (χ4n) is 3.19. The summed E-state index contributed by atoms with van der Waals surface area (Å²) in [6, 6.07) is 7.72. The molecule has 1 amide bonds. The first-order valence-corrected chi connectivity index (χ1v) is 8.67. The van der Waals surface area contributed by atoms with E-state index >= 15 is 0 Å². The van der Waals surface area contributed by atoms with Gasteiger partial charge in [-0.2, -0.15) is 0 Å². The third-order valence-electron chi connectivity index (χ3n) is 4.42. The van der Waals surface area contributed by atoms with Gasteiger partial charge in [0.05, 0.1) is 5.69 Å². The second-order valence-electron chi connectivity index (χ2n) is 7.72. The van der Waals surface area contributed by atoms with Gasteiger partial charge in [0, 0.05) is 30.1 Å². The first-order valence-electron chi connectivity index (χ1n) is 8.67. The molecule has 1 aliphatic carbocycles. The van der Waals surface area contributed by atoms with Gasteiger partial charge in [-0.05, 0) is 57.0 Å². The normalized spacial score (nSPS) is 20.0. The Morgan fingerprint density at radius 2 is 2.00 bits per heavy atom. The molecule has 3 rings (SSSR count). The molecule has 5 nitrogen and oxygen atoms in total. The smallest absolute Gasteiger partial charge is 0.306 e. The van der Waals surface area contributed by atoms with E-state index in [1.165, 1.54) is 0 Å². The molecule has 132 valence electrons. The Morgan fingerprint density at radius 1 is 1.24 bits per heavy atom. The van der Waals surface area contributed by atoms with Crippen molar-refractivity contribution in [2.45, 2.75) is 45.6 Å². The molecule has 0 unspecified atom stereocenters. The van der Waals surface area contributed by atoms with Crippen LogP contribution in [0.5, 0.6) is 0 Å². The highest BCUT2D eigenvalue weighted by atomic mass is 16.6. The van der Waals surface area contributed by atoms with Crippen LogP contribution in [0.2, 0.25) is 0 Å². The number of benzene rings is 1. The number of anilines is 1. The molecule has 1 heterocycles. The molecule has 5 heteroatoms. The van der Waals surface area contributed by atoms with E-state index < -0.39 is 5.60 Å². The molecule has 1 saturated carbocycles. The number of esters is 1. The number of amides is 1. The van der Waals surface area contributed by atoms with Crippen LogP contribution in [0.4, 0.5) is 5.69 Å². The fraction of sp³-hybridized carbons (Fsp3) is 0.450. The molecule has 0 aliphatic heterocycles. The number of ether oxygens (including phenoxy) is 1. The Hall–Kier alpha value is -2.43. The van der Waals surface area contributed by atoms with Crippen molar-refractivity contribution >= 4 is 28.3 Å². The van der Waals surface area contributed by atoms with Crippen molar-refractivity contribution in [3.05, 3.63) is 36.7 Å². The zero-order chi connectivity index (χ0) is 18.0. The van der Waals surface area contributed by atoms with E-state index in [9.17, 15) is 9.59 Å². The molecule has 25 heavy (non-hydrogen) atoms. The zero-order valence-electron chi connectivity index (χ0n) is 14.9. The van der Waals surface area contributed by atoms with Crippen molar-refractivity contribution in [3.63, 3.8) is 0 Å². The summed E-state index contributed by atoms with van der Waals surface area (Å²) in [6.45, 7) is 5.59. The van der Waals surface area contributed by atoms with Crippen molar-refractivity contribution in [3.8, 4) is 0 Å². The minimum atomic E-state index is -0.458. The third-order valence-corrected chi connectivity index (χ3v) is 4.42. The average molecular weight is 340 g/mol. The molecule has 2 aromatic rings. The maximum Gasteiger partial charge on any atom is 0.306 e. The van der Waals surface area contributed by atoms with E-state index in [-0.39, 0.29) is 23.7 Å². The van der Waals surface area contributed by atoms with Crippen LogP contribution in [-0.2, 0) is 14.3 Å². The summed E-state index contributed by atoms with van der Waals surface area (Å²) in [5.41, 5.74) is 0.325. The Morgan fingerprint density at radius 3 is 2.72 bits per heavy atom. The van der Waals surface area contributed by atoms with E-state index in [1.807, 2.05) is 45.0 Å². The van der Waals surface area contributed by atoms with Crippen LogP contribution in [0.3, 0.4) is 0 Å². The van der Waals surface area contributed by atoms with E-state index in [0.29, 0.717) is 6.42 Å². The van der Waals surface area contributed by atoms with Gasteiger partial charge in [-0.15, -0.1) is 0 Å². The highest BCUT2D eigenvalue weighted by Crippen LogP contribution is 2.37. The number of aromatic nitrogens is 1. The molecule has 1 aliphatic rings. The maximum absolute atomic E-state index is 12.5. The SMILES string of the molecule is CC(C)(C)OC(=O)CC1CC(C(=O)Nc2cccc3ccncc23)C1. The highest BCUT2D eigenvalue weighted by Gasteiger charge is 2.36. The quantitative estimate of drug-likeness (QED) is 0.856. The number of fused-ring (bicyclic) bond motifs is 1. The molecular formula is C20H24N2O3. The Kier molecular flexibility index (Phi) is 4.75. The Balaban J connectivity index is 1.53. The predicted octanol–water partition coefficient (Wildman–Crippen LogP) is 3.93. The number of carbonyl (C=O) groups excluding carboxylic acids is 2. The second kappa shape index (κ2) is 6.82. The molecule has 1 aromatic heterocycles. The molecule has 0 bridgehead atoms. The minimum Gasteiger partial charge on any atom is -0.460 e. The standard InChI is InChI=1S/C20H24N2O3/c1-20(2,3)25-18(23)11-13-9-15(10-13)19(24)22-17-6-4-5-14-7-8-21-12-16(14)17/h4-8,12-13,15H,9-11H2,1-3H3,(H,22,24). The molecule has 1 aromatic carbocycles. The van der Waals surface area contributed by atoms with Crippen LogP contribution < -0.4 is 5.32 Å². The summed E-state index contributed by atoms with van der Waals surface area (Å²) in [5, 5.41) is 4.98. The summed E-state index contributed by atoms with van der Waals surface area (Å²) in [4.78, 5) is 28.4. The number of rotatable bonds is 4. The summed E-state index contributed by atoms with van der Waals surface area (Å²) < 4.78 is 5.34. The van der Waals surface area contributed by atoms with Crippen molar-refractivity contribution < 1.29 is 14.3 Å². The van der Waals surface area contributed by atoms with Gasteiger partial charge in [0.15, 0.2) is 0 Å². The first-order chi connectivity index (χ1) is 11.8. The van der Waals surface area contributed by atoms with Crippen LogP contribution in [0.15, 0.2) is 36.7 Å². The van der Waals surface area contributed by atoms with E-state index in [0.717, 1.165) is 29.3 Å². The van der Waals surface area contributed by atoms with Crippen LogP contribution in [0.25, 0.3) is 10.8 Å². The zero-order valence-corrected chi connectivity index (χ0v) is 14.9. The lowest BCUT2D eigenvalue weighted by atomic mass is 9.73. The molecule has 0 radical (unpaired) electrons. The van der Waals surface area contributed by atoms with Crippen LogP contribution in [0, 0.1) is 11.8 Å². The van der Waals surface area contributed by atoms with Crippen molar-refractivity contribution in [2.75, 3.05) is 5.32 Å². The number of hydrogen-bond donors (Lipinski definition) is 1. The first kappa shape index (κ1) is 17.4. The fourth-order valence-corrected chi connectivity index (χ4v) is 3.19. The second-order valence-corrected chi connectivity index (χ2v) is 7.72. The van der Waals surface area contributed by atoms with Crippen molar-refractivity contribution in [1.29, 1.82) is 0 Å². The monoisotopic (exact) mass is 340 g/mol. The van der Waals surface area contributed by atoms with E-state index in [2.05, 4.69) is 10.3 Å². The summed E-state index contributed by atoms with van der Waals surface area (Å²) in [5.74, 6) is 0.0208. The third kappa shape index (κ3) is 4.35. The maximum atomic E-state index is 12.5. The Labute approximate surface area is 147 Å². The van der Waals surface area contributed by atoms with Crippen molar-refractivity contribution in [1.82, 2.24) is 4.98 Å². The van der Waals surface area contributed by atoms with Crippen LogP contribution >= 0.6 is 0 Å². The van der Waals surface area contributed by atoms with Gasteiger partial charge >= 0.3 is 5.97 Å². The molecule has 0 saturated heterocycles. The lowest BCUT2D eigenvalue weighted by molar-refractivity contribution is -0.157. The number of carbonyl (C=O) groups is 2.